The quantitative estimate of drug-likeness (QED) is 0.192. The topological polar surface area (TPSA) is 156 Å². The number of fused-ring (bicyclic) bond motifs is 1. The summed E-state index contributed by atoms with van der Waals surface area (Å²) in [6.45, 7) is -3.09. The molecule has 0 saturated carbocycles. The van der Waals surface area contributed by atoms with Crippen LogP contribution in [0.15, 0.2) is 94.7 Å². The van der Waals surface area contributed by atoms with Crippen LogP contribution in [-0.2, 0) is 26.6 Å². The van der Waals surface area contributed by atoms with Crippen molar-refractivity contribution in [3.05, 3.63) is 112 Å². The van der Waals surface area contributed by atoms with Crippen LogP contribution in [0.4, 0.5) is 14.5 Å². The molecule has 16 heteroatoms. The molecule has 0 spiro atoms. The number of nitrogens with zero attached hydrogens (tertiary/aromatic N) is 1. The highest BCUT2D eigenvalue weighted by Gasteiger charge is 2.29. The second-order valence-electron chi connectivity index (χ2n) is 9.74. The van der Waals surface area contributed by atoms with E-state index in [4.69, 9.17) is 11.6 Å². The number of hydrogen-bond donors (Lipinski definition) is 3. The first-order valence-corrected chi connectivity index (χ1v) is 16.7. The van der Waals surface area contributed by atoms with Gasteiger partial charge in [-0.25, -0.2) is 21.6 Å². The van der Waals surface area contributed by atoms with Crippen LogP contribution in [0.3, 0.4) is 0 Å². The van der Waals surface area contributed by atoms with Crippen molar-refractivity contribution >= 4 is 54.1 Å². The number of rotatable bonds is 10. The lowest BCUT2D eigenvalue weighted by Crippen LogP contribution is -2.33. The number of alkyl halides is 2. The Hall–Kier alpha value is -4.73. The number of benzene rings is 3. The fourth-order valence-corrected chi connectivity index (χ4v) is 6.47. The van der Waals surface area contributed by atoms with Gasteiger partial charge in [-0.15, -0.1) is 0 Å². The Morgan fingerprint density at radius 3 is 2.40 bits per heavy atom. The Morgan fingerprint density at radius 2 is 1.73 bits per heavy atom. The lowest BCUT2D eigenvalue weighted by atomic mass is 10.0. The van der Waals surface area contributed by atoms with Gasteiger partial charge >= 0.3 is 6.61 Å². The first-order valence-electron chi connectivity index (χ1n) is 12.9. The van der Waals surface area contributed by atoms with Gasteiger partial charge in [-0.3, -0.25) is 14.3 Å². The molecule has 0 radical (unpaired) electrons. The lowest BCUT2D eigenvalue weighted by Gasteiger charge is -2.14. The molecule has 2 heterocycles. The molecular formula is C29H23ClF2N4O7S2. The van der Waals surface area contributed by atoms with Crippen molar-refractivity contribution in [3.63, 3.8) is 0 Å². The summed E-state index contributed by atoms with van der Waals surface area (Å²) >= 11 is 6.31. The monoisotopic (exact) mass is 676 g/mol. The molecule has 45 heavy (non-hydrogen) atoms. The minimum Gasteiger partial charge on any atom is -0.435 e. The zero-order valence-corrected chi connectivity index (χ0v) is 25.5. The van der Waals surface area contributed by atoms with Crippen LogP contribution in [0.2, 0.25) is 5.02 Å². The normalized spacial score (nSPS) is 11.9. The SMILES string of the molecule is CS(=O)(=O)Nc1cccc(S(=O)(=O)NC(=O)c2c(-c3ccc[nH]c3=O)c3cc(Cl)ccc3n2Cc2ccc(OC(F)F)cc2)c1. The van der Waals surface area contributed by atoms with E-state index in [1.54, 1.807) is 12.1 Å². The first-order chi connectivity index (χ1) is 21.2. The molecule has 1 amide bonds. The maximum atomic E-state index is 14.0. The van der Waals surface area contributed by atoms with Crippen LogP contribution in [0.5, 0.6) is 5.75 Å². The molecule has 0 saturated heterocycles. The summed E-state index contributed by atoms with van der Waals surface area (Å²) in [4.78, 5) is 29.1. The van der Waals surface area contributed by atoms with Gasteiger partial charge in [0, 0.05) is 45.5 Å². The van der Waals surface area contributed by atoms with Crippen molar-refractivity contribution in [2.75, 3.05) is 11.0 Å². The smallest absolute Gasteiger partial charge is 0.387 e. The Morgan fingerprint density at radius 1 is 1.00 bits per heavy atom. The number of pyridine rings is 1. The van der Waals surface area contributed by atoms with Gasteiger partial charge in [0.15, 0.2) is 0 Å². The number of carbonyl (C=O) groups excluding carboxylic acids is 1. The van der Waals surface area contributed by atoms with E-state index in [1.807, 2.05) is 4.72 Å². The molecular weight excluding hydrogens is 654 g/mol. The van der Waals surface area contributed by atoms with Crippen molar-refractivity contribution in [1.82, 2.24) is 14.3 Å². The zero-order chi connectivity index (χ0) is 32.5. The van der Waals surface area contributed by atoms with E-state index in [0.717, 1.165) is 12.3 Å². The van der Waals surface area contributed by atoms with E-state index in [9.17, 15) is 35.2 Å². The number of aromatic amines is 1. The summed E-state index contributed by atoms with van der Waals surface area (Å²) in [6, 6.07) is 18.1. The van der Waals surface area contributed by atoms with Gasteiger partial charge in [0.1, 0.15) is 11.4 Å². The maximum absolute atomic E-state index is 14.0. The van der Waals surface area contributed by atoms with Crippen LogP contribution < -0.4 is 19.7 Å². The van der Waals surface area contributed by atoms with Crippen molar-refractivity contribution in [1.29, 1.82) is 0 Å². The number of amides is 1. The van der Waals surface area contributed by atoms with Crippen LogP contribution in [0.25, 0.3) is 22.0 Å². The van der Waals surface area contributed by atoms with Crippen molar-refractivity contribution in [3.8, 4) is 16.9 Å². The van der Waals surface area contributed by atoms with Gasteiger partial charge in [-0.1, -0.05) is 29.8 Å². The second kappa shape index (κ2) is 12.3. The Balaban J connectivity index is 1.67. The van der Waals surface area contributed by atoms with Gasteiger partial charge in [0.2, 0.25) is 10.0 Å². The minimum absolute atomic E-state index is 0.0473. The third kappa shape index (κ3) is 7.16. The molecule has 0 aliphatic rings. The van der Waals surface area contributed by atoms with E-state index in [1.165, 1.54) is 71.4 Å². The minimum atomic E-state index is -4.59. The van der Waals surface area contributed by atoms with Crippen LogP contribution in [0.1, 0.15) is 16.1 Å². The van der Waals surface area contributed by atoms with E-state index < -0.39 is 43.0 Å². The molecule has 3 N–H and O–H groups in total. The average Bonchev–Trinajstić information content (AvgIpc) is 3.26. The number of aromatic nitrogens is 2. The number of ether oxygens (including phenoxy) is 1. The summed E-state index contributed by atoms with van der Waals surface area (Å²) in [5.41, 5.74) is 0.235. The van der Waals surface area contributed by atoms with E-state index in [2.05, 4.69) is 14.4 Å². The molecule has 234 valence electrons. The summed E-state index contributed by atoms with van der Waals surface area (Å²) in [7, 11) is -8.33. The summed E-state index contributed by atoms with van der Waals surface area (Å²) in [5.74, 6) is -1.20. The summed E-state index contributed by atoms with van der Waals surface area (Å²) in [5, 5.41) is 0.635. The highest BCUT2D eigenvalue weighted by Crippen LogP contribution is 2.36. The second-order valence-corrected chi connectivity index (χ2v) is 13.6. The molecule has 0 aliphatic carbocycles. The van der Waals surface area contributed by atoms with Gasteiger partial charge in [0.05, 0.1) is 11.2 Å². The molecule has 0 aliphatic heterocycles. The van der Waals surface area contributed by atoms with Gasteiger partial charge in [0.25, 0.3) is 21.5 Å². The number of carbonyl (C=O) groups is 1. The third-order valence-electron chi connectivity index (χ3n) is 6.49. The highest BCUT2D eigenvalue weighted by molar-refractivity contribution is 7.92. The number of H-pyrrole nitrogens is 1. The third-order valence-corrected chi connectivity index (χ3v) is 8.66. The zero-order valence-electron chi connectivity index (χ0n) is 23.1. The molecule has 0 fully saturated rings. The van der Waals surface area contributed by atoms with Gasteiger partial charge < -0.3 is 14.3 Å². The maximum Gasteiger partial charge on any atom is 0.387 e. The summed E-state index contributed by atoms with van der Waals surface area (Å²) in [6.07, 6.45) is 2.29. The van der Waals surface area contributed by atoms with Crippen LogP contribution in [-0.4, -0.2) is 45.2 Å². The lowest BCUT2D eigenvalue weighted by molar-refractivity contribution is -0.0498. The van der Waals surface area contributed by atoms with Crippen LogP contribution in [0, 0.1) is 0 Å². The molecule has 0 atom stereocenters. The highest BCUT2D eigenvalue weighted by atomic mass is 35.5. The molecule has 2 aromatic heterocycles. The Kier molecular flexibility index (Phi) is 8.69. The number of halogens is 3. The standard InChI is InChI=1S/C29H23ClF2N4O7S2/c1-44(39,40)34-19-4-2-5-21(15-19)45(41,42)35-28(38)26-25(22-6-3-13-33-27(22)37)23-14-18(30)9-12-24(23)36(26)16-17-7-10-20(11-8-17)43-29(31)32/h2-15,29,34H,16H2,1H3,(H,33,37)(H,35,38). The fourth-order valence-electron chi connectivity index (χ4n) is 4.75. The Bertz CT molecular complexity index is 2200. The van der Waals surface area contributed by atoms with Crippen molar-refractivity contribution in [2.24, 2.45) is 0 Å². The van der Waals surface area contributed by atoms with Crippen molar-refractivity contribution < 1.29 is 35.1 Å². The van der Waals surface area contributed by atoms with E-state index in [-0.39, 0.29) is 39.8 Å². The van der Waals surface area contributed by atoms with Gasteiger partial charge in [-0.05, 0) is 66.2 Å². The fraction of sp³-hybridized carbons (Fsp3) is 0.103. The number of sulfonamides is 2. The number of hydrogen-bond acceptors (Lipinski definition) is 7. The van der Waals surface area contributed by atoms with Crippen LogP contribution >= 0.6 is 11.6 Å². The first kappa shape index (κ1) is 31.7. The molecule has 11 nitrogen and oxygen atoms in total. The molecule has 3 aromatic carbocycles. The molecule has 0 bridgehead atoms. The number of nitrogens with one attached hydrogen (secondary N) is 3. The van der Waals surface area contributed by atoms with Gasteiger partial charge in [-0.2, -0.15) is 8.78 Å². The van der Waals surface area contributed by atoms with E-state index in [0.29, 0.717) is 16.5 Å². The predicted octanol–water partition coefficient (Wildman–Crippen LogP) is 4.79. The molecule has 0 unspecified atom stereocenters. The largest absolute Gasteiger partial charge is 0.435 e. The number of anilines is 1. The molecule has 5 aromatic rings. The molecule has 5 rings (SSSR count). The van der Waals surface area contributed by atoms with Crippen molar-refractivity contribution in [2.45, 2.75) is 18.1 Å². The predicted molar refractivity (Wildman–Crippen MR) is 165 cm³/mol. The average molecular weight is 677 g/mol. The Labute approximate surface area is 260 Å². The van der Waals surface area contributed by atoms with E-state index >= 15 is 0 Å². The summed E-state index contributed by atoms with van der Waals surface area (Å²) < 4.78 is 85.7.